The van der Waals surface area contributed by atoms with E-state index in [9.17, 15) is 10.1 Å². The lowest BCUT2D eigenvalue weighted by atomic mass is 10.0. The van der Waals surface area contributed by atoms with E-state index in [0.717, 1.165) is 19.6 Å². The van der Waals surface area contributed by atoms with Gasteiger partial charge in [0.1, 0.15) is 5.82 Å². The number of aromatic nitrogens is 1. The van der Waals surface area contributed by atoms with Gasteiger partial charge in [-0.3, -0.25) is 10.1 Å². The minimum absolute atomic E-state index is 0.0687. The number of rotatable bonds is 4. The fraction of sp³-hybridized carbons (Fsp3) is 0.444. The lowest BCUT2D eigenvalue weighted by molar-refractivity contribution is -0.384. The molecule has 0 spiro atoms. The van der Waals surface area contributed by atoms with Gasteiger partial charge in [0.05, 0.1) is 11.0 Å². The standard InChI is InChI=1S/C9H12N4O2/c14-13(15)8-1-2-11-9(3-8)12-6-7-4-10-5-7/h1-3,7,10H,4-6H2,(H,11,12). The maximum Gasteiger partial charge on any atom is 0.274 e. The van der Waals surface area contributed by atoms with Crippen LogP contribution in [0.15, 0.2) is 18.3 Å². The van der Waals surface area contributed by atoms with Crippen molar-refractivity contribution in [2.45, 2.75) is 0 Å². The van der Waals surface area contributed by atoms with E-state index < -0.39 is 4.92 Å². The zero-order valence-corrected chi connectivity index (χ0v) is 8.14. The van der Waals surface area contributed by atoms with Crippen molar-refractivity contribution in [2.24, 2.45) is 5.92 Å². The zero-order valence-electron chi connectivity index (χ0n) is 8.14. The van der Waals surface area contributed by atoms with Crippen LogP contribution in [0.1, 0.15) is 0 Å². The van der Waals surface area contributed by atoms with Gasteiger partial charge in [-0.15, -0.1) is 0 Å². The third-order valence-corrected chi connectivity index (χ3v) is 2.39. The van der Waals surface area contributed by atoms with Crippen LogP contribution >= 0.6 is 0 Å². The van der Waals surface area contributed by atoms with Crippen molar-refractivity contribution in [1.82, 2.24) is 10.3 Å². The summed E-state index contributed by atoms with van der Waals surface area (Å²) < 4.78 is 0. The zero-order chi connectivity index (χ0) is 10.7. The second kappa shape index (κ2) is 4.22. The molecule has 0 radical (unpaired) electrons. The van der Waals surface area contributed by atoms with Crippen LogP contribution in [0, 0.1) is 16.0 Å². The van der Waals surface area contributed by atoms with Crippen molar-refractivity contribution in [3.05, 3.63) is 28.4 Å². The highest BCUT2D eigenvalue weighted by Crippen LogP contribution is 2.14. The SMILES string of the molecule is O=[N+]([O-])c1ccnc(NCC2CNC2)c1. The number of nitro groups is 1. The molecule has 0 aliphatic carbocycles. The molecule has 1 fully saturated rings. The normalized spacial score (nSPS) is 15.7. The summed E-state index contributed by atoms with van der Waals surface area (Å²) in [6.07, 6.45) is 1.44. The first kappa shape index (κ1) is 9.85. The number of nitrogens with zero attached hydrogens (tertiary/aromatic N) is 2. The Morgan fingerprint density at radius 1 is 1.67 bits per heavy atom. The highest BCUT2D eigenvalue weighted by Gasteiger charge is 2.16. The van der Waals surface area contributed by atoms with Crippen LogP contribution in [0.25, 0.3) is 0 Å². The second-order valence-corrected chi connectivity index (χ2v) is 3.56. The van der Waals surface area contributed by atoms with Gasteiger partial charge < -0.3 is 10.6 Å². The van der Waals surface area contributed by atoms with E-state index >= 15 is 0 Å². The molecule has 6 nitrogen and oxygen atoms in total. The first-order valence-corrected chi connectivity index (χ1v) is 4.81. The molecule has 1 aromatic heterocycles. The van der Waals surface area contributed by atoms with Gasteiger partial charge in [0.2, 0.25) is 0 Å². The van der Waals surface area contributed by atoms with E-state index in [2.05, 4.69) is 15.6 Å². The van der Waals surface area contributed by atoms with Crippen molar-refractivity contribution in [3.8, 4) is 0 Å². The van der Waals surface area contributed by atoms with Gasteiger partial charge in [-0.2, -0.15) is 0 Å². The third-order valence-electron chi connectivity index (χ3n) is 2.39. The number of anilines is 1. The van der Waals surface area contributed by atoms with Crippen molar-refractivity contribution >= 4 is 11.5 Å². The summed E-state index contributed by atoms with van der Waals surface area (Å²) in [5, 5.41) is 16.7. The van der Waals surface area contributed by atoms with Crippen LogP contribution in [-0.4, -0.2) is 29.5 Å². The Labute approximate surface area is 86.9 Å². The van der Waals surface area contributed by atoms with Crippen molar-refractivity contribution in [3.63, 3.8) is 0 Å². The van der Waals surface area contributed by atoms with Crippen LogP contribution in [-0.2, 0) is 0 Å². The first-order chi connectivity index (χ1) is 7.25. The summed E-state index contributed by atoms with van der Waals surface area (Å²) >= 11 is 0. The Kier molecular flexibility index (Phi) is 2.77. The number of hydrogen-bond donors (Lipinski definition) is 2. The molecule has 0 atom stereocenters. The quantitative estimate of drug-likeness (QED) is 0.560. The summed E-state index contributed by atoms with van der Waals surface area (Å²) in [5.74, 6) is 1.17. The molecular formula is C9H12N4O2. The van der Waals surface area contributed by atoms with E-state index in [1.54, 1.807) is 0 Å². The molecule has 0 aromatic carbocycles. The van der Waals surface area contributed by atoms with Crippen LogP contribution in [0.5, 0.6) is 0 Å². The molecule has 1 aliphatic heterocycles. The highest BCUT2D eigenvalue weighted by molar-refractivity contribution is 5.44. The van der Waals surface area contributed by atoms with Gasteiger partial charge in [0, 0.05) is 37.8 Å². The second-order valence-electron chi connectivity index (χ2n) is 3.56. The lowest BCUT2D eigenvalue weighted by Gasteiger charge is -2.27. The Morgan fingerprint density at radius 2 is 2.47 bits per heavy atom. The summed E-state index contributed by atoms with van der Waals surface area (Å²) in [6, 6.07) is 2.84. The van der Waals surface area contributed by atoms with E-state index in [4.69, 9.17) is 0 Å². The number of nitrogens with one attached hydrogen (secondary N) is 2. The van der Waals surface area contributed by atoms with Crippen LogP contribution in [0.4, 0.5) is 11.5 Å². The molecule has 0 saturated carbocycles. The number of pyridine rings is 1. The summed E-state index contributed by atoms with van der Waals surface area (Å²) in [4.78, 5) is 14.1. The average molecular weight is 208 g/mol. The predicted molar refractivity (Wildman–Crippen MR) is 55.7 cm³/mol. The largest absolute Gasteiger partial charge is 0.369 e. The molecule has 1 aromatic rings. The maximum atomic E-state index is 10.5. The van der Waals surface area contributed by atoms with Crippen molar-refractivity contribution in [2.75, 3.05) is 25.0 Å². The van der Waals surface area contributed by atoms with Gasteiger partial charge in [-0.05, 0) is 0 Å². The minimum atomic E-state index is -0.419. The van der Waals surface area contributed by atoms with Gasteiger partial charge in [-0.25, -0.2) is 4.98 Å². The third kappa shape index (κ3) is 2.41. The van der Waals surface area contributed by atoms with Gasteiger partial charge in [0.25, 0.3) is 5.69 Å². The Balaban J connectivity index is 1.94. The lowest BCUT2D eigenvalue weighted by Crippen LogP contribution is -2.45. The maximum absolute atomic E-state index is 10.5. The van der Waals surface area contributed by atoms with Crippen LogP contribution in [0.3, 0.4) is 0 Å². The van der Waals surface area contributed by atoms with E-state index in [1.807, 2.05) is 0 Å². The topological polar surface area (TPSA) is 80.1 Å². The first-order valence-electron chi connectivity index (χ1n) is 4.81. The molecule has 6 heteroatoms. The van der Waals surface area contributed by atoms with E-state index in [1.165, 1.54) is 18.3 Å². The molecule has 2 heterocycles. The van der Waals surface area contributed by atoms with Crippen molar-refractivity contribution < 1.29 is 4.92 Å². The molecular weight excluding hydrogens is 196 g/mol. The Morgan fingerprint density at radius 3 is 3.07 bits per heavy atom. The van der Waals surface area contributed by atoms with E-state index in [0.29, 0.717) is 11.7 Å². The molecule has 0 bridgehead atoms. The highest BCUT2D eigenvalue weighted by atomic mass is 16.6. The van der Waals surface area contributed by atoms with Crippen molar-refractivity contribution in [1.29, 1.82) is 0 Å². The fourth-order valence-electron chi connectivity index (χ4n) is 1.37. The predicted octanol–water partition coefficient (Wildman–Crippen LogP) is 0.621. The summed E-state index contributed by atoms with van der Waals surface area (Å²) in [5.41, 5.74) is 0.0687. The number of hydrogen-bond acceptors (Lipinski definition) is 5. The summed E-state index contributed by atoms with van der Waals surface area (Å²) in [6.45, 7) is 2.81. The molecule has 15 heavy (non-hydrogen) atoms. The molecule has 1 aliphatic rings. The average Bonchev–Trinajstić information content (AvgIpc) is 2.16. The smallest absolute Gasteiger partial charge is 0.274 e. The van der Waals surface area contributed by atoms with Crippen LogP contribution < -0.4 is 10.6 Å². The Bertz CT molecular complexity index is 365. The molecule has 2 rings (SSSR count). The molecule has 0 unspecified atom stereocenters. The van der Waals surface area contributed by atoms with E-state index in [-0.39, 0.29) is 5.69 Å². The monoisotopic (exact) mass is 208 g/mol. The molecule has 1 saturated heterocycles. The molecule has 2 N–H and O–H groups in total. The van der Waals surface area contributed by atoms with Gasteiger partial charge in [0.15, 0.2) is 0 Å². The van der Waals surface area contributed by atoms with Gasteiger partial charge >= 0.3 is 0 Å². The van der Waals surface area contributed by atoms with Crippen LogP contribution in [0.2, 0.25) is 0 Å². The summed E-state index contributed by atoms with van der Waals surface area (Å²) in [7, 11) is 0. The Hall–Kier alpha value is -1.69. The molecule has 80 valence electrons. The minimum Gasteiger partial charge on any atom is -0.369 e. The fourth-order valence-corrected chi connectivity index (χ4v) is 1.37. The van der Waals surface area contributed by atoms with Gasteiger partial charge in [-0.1, -0.05) is 0 Å². The molecule has 0 amide bonds.